The third-order valence-corrected chi connectivity index (χ3v) is 3.00. The number of rotatable bonds is 9. The highest BCUT2D eigenvalue weighted by Crippen LogP contribution is 2.24. The van der Waals surface area contributed by atoms with E-state index in [1.807, 2.05) is 6.92 Å². The Balaban J connectivity index is 2.83. The molecule has 1 rings (SSSR count). The summed E-state index contributed by atoms with van der Waals surface area (Å²) < 4.78 is 11.3. The fourth-order valence-electron chi connectivity index (χ4n) is 2.03. The van der Waals surface area contributed by atoms with E-state index >= 15 is 0 Å². The van der Waals surface area contributed by atoms with Gasteiger partial charge in [0.05, 0.1) is 13.2 Å². The number of nitrogens with one attached hydrogen (secondary N) is 1. The normalized spacial score (nSPS) is 12.4. The zero-order chi connectivity index (χ0) is 14.1. The fourth-order valence-corrected chi connectivity index (χ4v) is 2.03. The van der Waals surface area contributed by atoms with Gasteiger partial charge >= 0.3 is 0 Å². The van der Waals surface area contributed by atoms with E-state index in [0.717, 1.165) is 30.9 Å². The highest BCUT2D eigenvalue weighted by molar-refractivity contribution is 5.38. The molecule has 108 valence electrons. The van der Waals surface area contributed by atoms with Crippen LogP contribution >= 0.6 is 0 Å². The molecule has 0 bridgehead atoms. The molecule has 1 aromatic carbocycles. The molecule has 0 amide bonds. The number of hydrogen-bond donors (Lipinski definition) is 1. The van der Waals surface area contributed by atoms with Crippen LogP contribution in [0, 0.1) is 0 Å². The molecule has 0 aliphatic heterocycles. The van der Waals surface area contributed by atoms with Gasteiger partial charge in [0.2, 0.25) is 0 Å². The molecule has 0 aromatic heterocycles. The van der Waals surface area contributed by atoms with Gasteiger partial charge in [-0.3, -0.25) is 0 Å². The lowest BCUT2D eigenvalue weighted by atomic mass is 10.0. The van der Waals surface area contributed by atoms with Gasteiger partial charge in [0, 0.05) is 18.2 Å². The molecule has 0 fully saturated rings. The maximum Gasteiger partial charge on any atom is 0.124 e. The monoisotopic (exact) mass is 265 g/mol. The fraction of sp³-hybridized carbons (Fsp3) is 0.625. The van der Waals surface area contributed by atoms with Crippen LogP contribution in [0.3, 0.4) is 0 Å². The van der Waals surface area contributed by atoms with Crippen LogP contribution in [-0.2, 0) is 11.3 Å². The van der Waals surface area contributed by atoms with Gasteiger partial charge in [-0.05, 0) is 44.5 Å². The maximum atomic E-state index is 5.66. The van der Waals surface area contributed by atoms with Gasteiger partial charge < -0.3 is 14.8 Å². The van der Waals surface area contributed by atoms with Crippen LogP contribution in [0.1, 0.15) is 51.3 Å². The first-order valence-corrected chi connectivity index (χ1v) is 7.29. The largest absolute Gasteiger partial charge is 0.494 e. The minimum absolute atomic E-state index is 0.352. The molecule has 0 spiro atoms. The predicted molar refractivity (Wildman–Crippen MR) is 79.6 cm³/mol. The summed E-state index contributed by atoms with van der Waals surface area (Å²) in [7, 11) is 0. The van der Waals surface area contributed by atoms with Gasteiger partial charge in [-0.1, -0.05) is 19.9 Å². The Morgan fingerprint density at radius 2 is 2.00 bits per heavy atom. The third kappa shape index (κ3) is 5.21. The topological polar surface area (TPSA) is 30.5 Å². The molecule has 0 saturated heterocycles. The van der Waals surface area contributed by atoms with E-state index in [1.165, 1.54) is 5.56 Å². The van der Waals surface area contributed by atoms with Crippen molar-refractivity contribution in [2.24, 2.45) is 0 Å². The van der Waals surface area contributed by atoms with E-state index in [9.17, 15) is 0 Å². The third-order valence-electron chi connectivity index (χ3n) is 3.00. The molecule has 1 atom stereocenters. The minimum Gasteiger partial charge on any atom is -0.494 e. The number of benzene rings is 1. The second-order valence-electron chi connectivity index (χ2n) is 4.63. The van der Waals surface area contributed by atoms with Crippen molar-refractivity contribution in [2.45, 2.75) is 46.8 Å². The first-order chi connectivity index (χ1) is 9.22. The molecule has 1 aromatic rings. The first kappa shape index (κ1) is 16.0. The summed E-state index contributed by atoms with van der Waals surface area (Å²) in [5.41, 5.74) is 2.41. The Bertz CT molecular complexity index is 366. The van der Waals surface area contributed by atoms with E-state index in [-0.39, 0.29) is 0 Å². The summed E-state index contributed by atoms with van der Waals surface area (Å²) in [6.45, 7) is 11.5. The Hall–Kier alpha value is -1.06. The second-order valence-corrected chi connectivity index (χ2v) is 4.63. The molecule has 0 saturated carbocycles. The molecule has 0 aliphatic rings. The zero-order valence-corrected chi connectivity index (χ0v) is 12.7. The average Bonchev–Trinajstić information content (AvgIpc) is 2.41. The molecule has 19 heavy (non-hydrogen) atoms. The van der Waals surface area contributed by atoms with Crippen molar-refractivity contribution < 1.29 is 9.47 Å². The van der Waals surface area contributed by atoms with E-state index in [0.29, 0.717) is 19.3 Å². The van der Waals surface area contributed by atoms with Crippen LogP contribution in [0.15, 0.2) is 18.2 Å². The Labute approximate surface area is 117 Å². The van der Waals surface area contributed by atoms with Crippen LogP contribution in [0.25, 0.3) is 0 Å². The summed E-state index contributed by atoms with van der Waals surface area (Å²) in [5, 5.41) is 3.43. The summed E-state index contributed by atoms with van der Waals surface area (Å²) in [5.74, 6) is 0.936. The van der Waals surface area contributed by atoms with Crippen LogP contribution < -0.4 is 10.1 Å². The quantitative estimate of drug-likeness (QED) is 0.691. The Kier molecular flexibility index (Phi) is 7.53. The molecule has 0 heterocycles. The van der Waals surface area contributed by atoms with Crippen molar-refractivity contribution in [1.82, 2.24) is 5.32 Å². The van der Waals surface area contributed by atoms with Gasteiger partial charge in [0.15, 0.2) is 0 Å². The lowest BCUT2D eigenvalue weighted by Gasteiger charge is -2.17. The number of hydrogen-bond acceptors (Lipinski definition) is 3. The van der Waals surface area contributed by atoms with Crippen molar-refractivity contribution >= 4 is 0 Å². The molecule has 3 heteroatoms. The zero-order valence-electron chi connectivity index (χ0n) is 12.7. The Morgan fingerprint density at radius 1 is 1.21 bits per heavy atom. The molecule has 3 nitrogen and oxygen atoms in total. The molecular weight excluding hydrogens is 238 g/mol. The highest BCUT2D eigenvalue weighted by Gasteiger charge is 2.09. The molecule has 0 aliphatic carbocycles. The predicted octanol–water partition coefficient (Wildman–Crippen LogP) is 3.68. The summed E-state index contributed by atoms with van der Waals surface area (Å²) >= 11 is 0. The summed E-state index contributed by atoms with van der Waals surface area (Å²) in [6, 6.07) is 6.72. The second kappa shape index (κ2) is 8.94. The van der Waals surface area contributed by atoms with E-state index in [4.69, 9.17) is 9.47 Å². The van der Waals surface area contributed by atoms with Crippen molar-refractivity contribution in [3.05, 3.63) is 29.3 Å². The average molecular weight is 265 g/mol. The van der Waals surface area contributed by atoms with Gasteiger partial charge in [-0.2, -0.15) is 0 Å². The standard InChI is InChI=1S/C16H27NO2/c1-5-10-18-12-15-11-14(13(4)17-6-2)8-9-16(15)19-7-3/h8-9,11,13,17H,5-7,10,12H2,1-4H3. The van der Waals surface area contributed by atoms with Crippen molar-refractivity contribution in [2.75, 3.05) is 19.8 Å². The molecule has 1 N–H and O–H groups in total. The van der Waals surface area contributed by atoms with E-state index in [1.54, 1.807) is 0 Å². The minimum atomic E-state index is 0.352. The van der Waals surface area contributed by atoms with Gasteiger partial charge in [-0.25, -0.2) is 0 Å². The van der Waals surface area contributed by atoms with E-state index < -0.39 is 0 Å². The molecule has 1 unspecified atom stereocenters. The van der Waals surface area contributed by atoms with Crippen LogP contribution in [0.2, 0.25) is 0 Å². The van der Waals surface area contributed by atoms with Crippen LogP contribution in [0.4, 0.5) is 0 Å². The summed E-state index contributed by atoms with van der Waals surface area (Å²) in [6.07, 6.45) is 1.04. The molecule has 0 radical (unpaired) electrons. The highest BCUT2D eigenvalue weighted by atomic mass is 16.5. The van der Waals surface area contributed by atoms with Crippen molar-refractivity contribution in [3.8, 4) is 5.75 Å². The smallest absolute Gasteiger partial charge is 0.124 e. The van der Waals surface area contributed by atoms with Gasteiger partial charge in [0.1, 0.15) is 5.75 Å². The van der Waals surface area contributed by atoms with Crippen LogP contribution in [-0.4, -0.2) is 19.8 Å². The SMILES string of the molecule is CCCOCc1cc(C(C)NCC)ccc1OCC. The molecular formula is C16H27NO2. The first-order valence-electron chi connectivity index (χ1n) is 7.29. The lowest BCUT2D eigenvalue weighted by Crippen LogP contribution is -2.18. The number of ether oxygens (including phenoxy) is 2. The van der Waals surface area contributed by atoms with Crippen LogP contribution in [0.5, 0.6) is 5.75 Å². The van der Waals surface area contributed by atoms with Gasteiger partial charge in [-0.15, -0.1) is 0 Å². The van der Waals surface area contributed by atoms with E-state index in [2.05, 4.69) is 44.3 Å². The van der Waals surface area contributed by atoms with Gasteiger partial charge in [0.25, 0.3) is 0 Å². The lowest BCUT2D eigenvalue weighted by molar-refractivity contribution is 0.119. The Morgan fingerprint density at radius 3 is 2.63 bits per heavy atom. The van der Waals surface area contributed by atoms with Crippen molar-refractivity contribution in [3.63, 3.8) is 0 Å². The summed E-state index contributed by atoms with van der Waals surface area (Å²) in [4.78, 5) is 0. The van der Waals surface area contributed by atoms with Crippen molar-refractivity contribution in [1.29, 1.82) is 0 Å². The maximum absolute atomic E-state index is 5.66.